The summed E-state index contributed by atoms with van der Waals surface area (Å²) in [6, 6.07) is 83.6. The van der Waals surface area contributed by atoms with Crippen LogP contribution in [0, 0.1) is 0 Å². The molecule has 1 aromatic heterocycles. The van der Waals surface area contributed by atoms with Crippen molar-refractivity contribution in [3.05, 3.63) is 247 Å². The van der Waals surface area contributed by atoms with Gasteiger partial charge in [-0.2, -0.15) is 0 Å². The van der Waals surface area contributed by atoms with Gasteiger partial charge in [-0.15, -0.1) is 11.3 Å². The number of anilines is 3. The first-order valence-corrected chi connectivity index (χ1v) is 21.9. The van der Waals surface area contributed by atoms with Gasteiger partial charge < -0.3 is 4.90 Å². The van der Waals surface area contributed by atoms with E-state index in [9.17, 15) is 0 Å². The van der Waals surface area contributed by atoms with Crippen LogP contribution >= 0.6 is 11.3 Å². The van der Waals surface area contributed by atoms with Gasteiger partial charge in [-0.3, -0.25) is 0 Å². The number of benzene rings is 10. The quantitative estimate of drug-likeness (QED) is 0.168. The van der Waals surface area contributed by atoms with Crippen LogP contribution < -0.4 is 4.90 Å². The molecule has 284 valence electrons. The topological polar surface area (TPSA) is 3.24 Å². The maximum Gasteiger partial charge on any atom is 0.0726 e. The number of fused-ring (bicyclic) bond motifs is 14. The average molecular weight is 792 g/mol. The molecule has 0 fully saturated rings. The number of thiophene rings is 1. The second-order valence-corrected chi connectivity index (χ2v) is 17.5. The van der Waals surface area contributed by atoms with E-state index in [1.165, 1.54) is 97.7 Å². The summed E-state index contributed by atoms with van der Waals surface area (Å²) >= 11 is 1.86. The Bertz CT molecular complexity index is 3470. The third-order valence-corrected chi connectivity index (χ3v) is 14.5. The molecule has 0 unspecified atom stereocenters. The zero-order valence-electron chi connectivity index (χ0n) is 33.2. The van der Waals surface area contributed by atoms with E-state index < -0.39 is 5.41 Å². The Morgan fingerprint density at radius 3 is 1.48 bits per heavy atom. The molecule has 1 spiro atoms. The van der Waals surface area contributed by atoms with Crippen molar-refractivity contribution in [1.29, 1.82) is 0 Å². The van der Waals surface area contributed by atoms with Gasteiger partial charge in [0.1, 0.15) is 0 Å². The molecule has 0 atom stereocenters. The Morgan fingerprint density at radius 1 is 0.295 bits per heavy atom. The fourth-order valence-corrected chi connectivity index (χ4v) is 11.7. The maximum absolute atomic E-state index is 2.48. The summed E-state index contributed by atoms with van der Waals surface area (Å²) in [4.78, 5) is 2.44. The van der Waals surface area contributed by atoms with Crippen molar-refractivity contribution in [3.8, 4) is 44.5 Å². The van der Waals surface area contributed by atoms with Gasteiger partial charge in [0.25, 0.3) is 0 Å². The smallest absolute Gasteiger partial charge is 0.0726 e. The summed E-state index contributed by atoms with van der Waals surface area (Å²) in [5, 5.41) is 5.15. The van der Waals surface area contributed by atoms with E-state index in [0.717, 1.165) is 17.1 Å². The van der Waals surface area contributed by atoms with E-state index in [4.69, 9.17) is 0 Å². The van der Waals surface area contributed by atoms with Crippen molar-refractivity contribution >= 4 is 59.3 Å². The van der Waals surface area contributed by atoms with Gasteiger partial charge in [0.15, 0.2) is 0 Å². The van der Waals surface area contributed by atoms with E-state index >= 15 is 0 Å². The zero-order chi connectivity index (χ0) is 40.1. The number of rotatable bonds is 5. The standard InChI is InChI=1S/C59H37NS/c1-2-14-45-39(12-1)13-11-19-46(45)40-26-31-43(32-27-40)60(42-29-24-38(25-30-42)41-28-35-58-52(36-41)51-18-6-10-23-57(51)61-58)44-33-34-50-49-17-5-9-22-55(49)59(56(50)37-44)53-20-7-3-15-47(53)48-16-4-8-21-54(48)59/h1-37H. The molecular weight excluding hydrogens is 755 g/mol. The van der Waals surface area contributed by atoms with Gasteiger partial charge in [-0.1, -0.05) is 170 Å². The molecule has 0 saturated heterocycles. The Balaban J connectivity index is 0.988. The molecule has 2 heteroatoms. The molecule has 0 bridgehead atoms. The normalized spacial score (nSPS) is 13.0. The van der Waals surface area contributed by atoms with Crippen molar-refractivity contribution in [2.24, 2.45) is 0 Å². The van der Waals surface area contributed by atoms with Gasteiger partial charge in [0.2, 0.25) is 0 Å². The van der Waals surface area contributed by atoms with Crippen LogP contribution in [0.5, 0.6) is 0 Å². The molecule has 0 aliphatic heterocycles. The lowest BCUT2D eigenvalue weighted by molar-refractivity contribution is 0.793. The van der Waals surface area contributed by atoms with Crippen LogP contribution in [0.15, 0.2) is 224 Å². The van der Waals surface area contributed by atoms with E-state index in [0.29, 0.717) is 0 Å². The molecule has 0 N–H and O–H groups in total. The van der Waals surface area contributed by atoms with Crippen LogP contribution in [0.3, 0.4) is 0 Å². The van der Waals surface area contributed by atoms with Crippen LogP contribution in [0.1, 0.15) is 22.3 Å². The fraction of sp³-hybridized carbons (Fsp3) is 0.0169. The molecule has 2 aliphatic rings. The lowest BCUT2D eigenvalue weighted by atomic mass is 9.70. The van der Waals surface area contributed by atoms with Crippen LogP contribution in [-0.4, -0.2) is 0 Å². The predicted molar refractivity (Wildman–Crippen MR) is 259 cm³/mol. The molecule has 2 aliphatic carbocycles. The molecule has 0 amide bonds. The average Bonchev–Trinajstić information content (AvgIpc) is 3.96. The largest absolute Gasteiger partial charge is 0.310 e. The molecule has 13 rings (SSSR count). The third-order valence-electron chi connectivity index (χ3n) is 13.3. The highest BCUT2D eigenvalue weighted by molar-refractivity contribution is 7.25. The van der Waals surface area contributed by atoms with Crippen molar-refractivity contribution < 1.29 is 0 Å². The first kappa shape index (κ1) is 34.4. The van der Waals surface area contributed by atoms with Gasteiger partial charge in [-0.25, -0.2) is 0 Å². The second kappa shape index (κ2) is 13.2. The van der Waals surface area contributed by atoms with Gasteiger partial charge in [0.05, 0.1) is 5.41 Å². The monoisotopic (exact) mass is 791 g/mol. The molecular formula is C59H37NS. The fourth-order valence-electron chi connectivity index (χ4n) is 10.6. The third kappa shape index (κ3) is 5.00. The molecule has 1 nitrogen and oxygen atoms in total. The first-order chi connectivity index (χ1) is 30.2. The SMILES string of the molecule is c1ccc2c(c1)-c1ccccc1C21c2ccccc2-c2ccc(N(c3ccc(-c4ccc5sc6ccccc6c5c4)cc3)c3ccc(-c4cccc5ccccc45)cc3)cc21. The Kier molecular flexibility index (Phi) is 7.46. The Morgan fingerprint density at radius 2 is 0.787 bits per heavy atom. The molecule has 11 aromatic rings. The van der Waals surface area contributed by atoms with Gasteiger partial charge in [0, 0.05) is 37.2 Å². The molecule has 10 aromatic carbocycles. The molecule has 0 radical (unpaired) electrons. The summed E-state index contributed by atoms with van der Waals surface area (Å²) in [6.45, 7) is 0. The molecule has 61 heavy (non-hydrogen) atoms. The highest BCUT2D eigenvalue weighted by atomic mass is 32.1. The highest BCUT2D eigenvalue weighted by Crippen LogP contribution is 2.63. The Hall–Kier alpha value is -7.52. The zero-order valence-corrected chi connectivity index (χ0v) is 34.0. The lowest BCUT2D eigenvalue weighted by Gasteiger charge is -2.32. The predicted octanol–water partition coefficient (Wildman–Crippen LogP) is 16.4. The molecule has 0 saturated carbocycles. The molecule has 1 heterocycles. The minimum atomic E-state index is -0.423. The summed E-state index contributed by atoms with van der Waals surface area (Å²) in [6.07, 6.45) is 0. The van der Waals surface area contributed by atoms with E-state index in [1.54, 1.807) is 0 Å². The van der Waals surface area contributed by atoms with E-state index in [1.807, 2.05) is 11.3 Å². The summed E-state index contributed by atoms with van der Waals surface area (Å²) in [5.41, 5.74) is 18.4. The number of nitrogens with zero attached hydrogens (tertiary/aromatic N) is 1. The van der Waals surface area contributed by atoms with Crippen LogP contribution in [-0.2, 0) is 5.41 Å². The Labute approximate surface area is 359 Å². The van der Waals surface area contributed by atoms with Crippen molar-refractivity contribution in [3.63, 3.8) is 0 Å². The van der Waals surface area contributed by atoms with Crippen LogP contribution in [0.2, 0.25) is 0 Å². The van der Waals surface area contributed by atoms with E-state index in [2.05, 4.69) is 229 Å². The number of hydrogen-bond donors (Lipinski definition) is 0. The highest BCUT2D eigenvalue weighted by Gasteiger charge is 2.51. The maximum atomic E-state index is 2.48. The minimum absolute atomic E-state index is 0.423. The van der Waals surface area contributed by atoms with Crippen molar-refractivity contribution in [1.82, 2.24) is 0 Å². The van der Waals surface area contributed by atoms with Crippen LogP contribution in [0.4, 0.5) is 17.1 Å². The van der Waals surface area contributed by atoms with E-state index in [-0.39, 0.29) is 0 Å². The minimum Gasteiger partial charge on any atom is -0.310 e. The summed E-state index contributed by atoms with van der Waals surface area (Å²) < 4.78 is 2.65. The van der Waals surface area contributed by atoms with Crippen LogP contribution in [0.25, 0.3) is 75.5 Å². The lowest BCUT2D eigenvalue weighted by Crippen LogP contribution is -2.26. The van der Waals surface area contributed by atoms with Crippen molar-refractivity contribution in [2.45, 2.75) is 5.41 Å². The number of hydrogen-bond acceptors (Lipinski definition) is 2. The van der Waals surface area contributed by atoms with Crippen molar-refractivity contribution in [2.75, 3.05) is 4.90 Å². The second-order valence-electron chi connectivity index (χ2n) is 16.4. The van der Waals surface area contributed by atoms with Gasteiger partial charge >= 0.3 is 0 Å². The first-order valence-electron chi connectivity index (χ1n) is 21.1. The summed E-state index contributed by atoms with van der Waals surface area (Å²) in [5.74, 6) is 0. The van der Waals surface area contributed by atoms with Gasteiger partial charge in [-0.05, 0) is 132 Å². The summed E-state index contributed by atoms with van der Waals surface area (Å²) in [7, 11) is 0.